The van der Waals surface area contributed by atoms with Gasteiger partial charge in [-0.3, -0.25) is 4.68 Å². The monoisotopic (exact) mass is 238 g/mol. The molecule has 1 unspecified atom stereocenters. The van der Waals surface area contributed by atoms with Crippen molar-refractivity contribution in [2.45, 2.75) is 51.7 Å². The first kappa shape index (κ1) is 14.2. The van der Waals surface area contributed by atoms with Crippen LogP contribution in [-0.2, 0) is 6.42 Å². The molecule has 1 atom stereocenters. The Morgan fingerprint density at radius 2 is 2.00 bits per heavy atom. The quantitative estimate of drug-likeness (QED) is 0.849. The summed E-state index contributed by atoms with van der Waals surface area (Å²) >= 11 is 0. The van der Waals surface area contributed by atoms with E-state index in [0.717, 1.165) is 12.1 Å². The highest BCUT2D eigenvalue weighted by Crippen LogP contribution is 2.17. The number of rotatable bonds is 5. The minimum atomic E-state index is -0.0262. The zero-order valence-corrected chi connectivity index (χ0v) is 11.9. The molecule has 0 aliphatic carbocycles. The zero-order chi connectivity index (χ0) is 13.2. The summed E-state index contributed by atoms with van der Waals surface area (Å²) in [7, 11) is 4.12. The predicted molar refractivity (Wildman–Crippen MR) is 72.1 cm³/mol. The summed E-state index contributed by atoms with van der Waals surface area (Å²) in [6, 6.07) is 2.54. The summed E-state index contributed by atoms with van der Waals surface area (Å²) in [6.07, 6.45) is 2.83. The molecule has 1 aromatic heterocycles. The van der Waals surface area contributed by atoms with Crippen LogP contribution in [0.2, 0.25) is 0 Å². The van der Waals surface area contributed by atoms with Crippen molar-refractivity contribution in [1.82, 2.24) is 14.7 Å². The Balaban J connectivity index is 2.71. The van der Waals surface area contributed by atoms with E-state index in [1.54, 1.807) is 0 Å². The number of nitrogens with two attached hydrogens (primary N) is 1. The van der Waals surface area contributed by atoms with E-state index < -0.39 is 0 Å². The number of aromatic nitrogens is 2. The minimum absolute atomic E-state index is 0.0262. The summed E-state index contributed by atoms with van der Waals surface area (Å²) in [4.78, 5) is 2.16. The Labute approximate surface area is 105 Å². The lowest BCUT2D eigenvalue weighted by atomic mass is 9.90. The maximum absolute atomic E-state index is 6.28. The van der Waals surface area contributed by atoms with E-state index >= 15 is 0 Å². The minimum Gasteiger partial charge on any atom is -0.326 e. The van der Waals surface area contributed by atoms with Crippen molar-refractivity contribution in [3.05, 3.63) is 18.0 Å². The molecule has 0 bridgehead atoms. The Bertz CT molecular complexity index is 352. The third-order valence-electron chi connectivity index (χ3n) is 3.68. The fourth-order valence-electron chi connectivity index (χ4n) is 1.58. The van der Waals surface area contributed by atoms with Gasteiger partial charge < -0.3 is 10.6 Å². The molecule has 0 fully saturated rings. The second kappa shape index (κ2) is 5.19. The van der Waals surface area contributed by atoms with Crippen LogP contribution in [0.4, 0.5) is 0 Å². The fourth-order valence-corrected chi connectivity index (χ4v) is 1.58. The third-order valence-corrected chi connectivity index (χ3v) is 3.68. The van der Waals surface area contributed by atoms with Crippen molar-refractivity contribution in [3.8, 4) is 0 Å². The summed E-state index contributed by atoms with van der Waals surface area (Å²) in [5, 5.41) is 4.54. The average Bonchev–Trinajstić information content (AvgIpc) is 2.65. The molecule has 0 aliphatic heterocycles. The third kappa shape index (κ3) is 3.30. The Morgan fingerprint density at radius 1 is 1.41 bits per heavy atom. The van der Waals surface area contributed by atoms with Gasteiger partial charge in [-0.25, -0.2) is 0 Å². The van der Waals surface area contributed by atoms with Crippen molar-refractivity contribution in [2.75, 3.05) is 14.1 Å². The largest absolute Gasteiger partial charge is 0.326 e. The second-order valence-corrected chi connectivity index (χ2v) is 5.74. The molecule has 0 spiro atoms. The van der Waals surface area contributed by atoms with Crippen LogP contribution in [0.5, 0.6) is 0 Å². The highest BCUT2D eigenvalue weighted by molar-refractivity contribution is 5.05. The Kier molecular flexibility index (Phi) is 4.33. The van der Waals surface area contributed by atoms with Gasteiger partial charge in [-0.15, -0.1) is 0 Å². The maximum atomic E-state index is 6.28. The molecule has 98 valence electrons. The van der Waals surface area contributed by atoms with Crippen molar-refractivity contribution in [3.63, 3.8) is 0 Å². The summed E-state index contributed by atoms with van der Waals surface area (Å²) in [6.45, 7) is 8.58. The lowest BCUT2D eigenvalue weighted by Crippen LogP contribution is -2.54. The molecule has 17 heavy (non-hydrogen) atoms. The molecule has 1 heterocycles. The lowest BCUT2D eigenvalue weighted by molar-refractivity contribution is 0.157. The molecular formula is C13H26N4. The first-order valence-corrected chi connectivity index (χ1v) is 6.22. The van der Waals surface area contributed by atoms with Crippen LogP contribution in [-0.4, -0.2) is 40.4 Å². The molecule has 0 amide bonds. The molecular weight excluding hydrogens is 212 g/mol. The molecule has 0 aromatic carbocycles. The fraction of sp³-hybridized carbons (Fsp3) is 0.769. The molecule has 0 saturated carbocycles. The van der Waals surface area contributed by atoms with E-state index in [1.807, 2.05) is 10.9 Å². The van der Waals surface area contributed by atoms with Crippen molar-refractivity contribution >= 4 is 0 Å². The van der Waals surface area contributed by atoms with Crippen molar-refractivity contribution in [1.29, 1.82) is 0 Å². The van der Waals surface area contributed by atoms with Crippen molar-refractivity contribution < 1.29 is 0 Å². The van der Waals surface area contributed by atoms with Gasteiger partial charge in [0.15, 0.2) is 0 Å². The van der Waals surface area contributed by atoms with E-state index in [4.69, 9.17) is 5.73 Å². The molecule has 2 N–H and O–H groups in total. The number of hydrogen-bond acceptors (Lipinski definition) is 3. The number of likely N-dealkylation sites (N-methyl/N-ethyl adjacent to an activating group) is 1. The van der Waals surface area contributed by atoms with E-state index in [2.05, 4.69) is 57.9 Å². The van der Waals surface area contributed by atoms with Crippen LogP contribution in [0.1, 0.15) is 39.4 Å². The molecule has 0 radical (unpaired) electrons. The van der Waals surface area contributed by atoms with Gasteiger partial charge in [-0.05, 0) is 47.9 Å². The van der Waals surface area contributed by atoms with Crippen LogP contribution in [0, 0.1) is 0 Å². The van der Waals surface area contributed by atoms with Crippen molar-refractivity contribution in [2.24, 2.45) is 5.73 Å². The summed E-state index contributed by atoms with van der Waals surface area (Å²) in [5.74, 6) is 0. The molecule has 0 saturated heterocycles. The molecule has 0 aliphatic rings. The van der Waals surface area contributed by atoms with Gasteiger partial charge in [-0.2, -0.15) is 5.10 Å². The number of nitrogens with zero attached hydrogens (tertiary/aromatic N) is 3. The molecule has 4 heteroatoms. The van der Waals surface area contributed by atoms with Crippen LogP contribution in [0.3, 0.4) is 0 Å². The lowest BCUT2D eigenvalue weighted by Gasteiger charge is -2.37. The van der Waals surface area contributed by atoms with Crippen LogP contribution in [0.15, 0.2) is 12.3 Å². The van der Waals surface area contributed by atoms with Gasteiger partial charge in [0.25, 0.3) is 0 Å². The summed E-state index contributed by atoms with van der Waals surface area (Å²) in [5.41, 5.74) is 7.32. The summed E-state index contributed by atoms with van der Waals surface area (Å²) < 4.78 is 1.98. The zero-order valence-electron chi connectivity index (χ0n) is 11.9. The van der Waals surface area contributed by atoms with Gasteiger partial charge in [0.2, 0.25) is 0 Å². The first-order chi connectivity index (χ1) is 7.75. The molecule has 4 nitrogen and oxygen atoms in total. The number of hydrogen-bond donors (Lipinski definition) is 1. The normalized spacial score (nSPS) is 14.6. The Morgan fingerprint density at radius 3 is 2.41 bits per heavy atom. The van der Waals surface area contributed by atoms with Gasteiger partial charge >= 0.3 is 0 Å². The topological polar surface area (TPSA) is 47.1 Å². The van der Waals surface area contributed by atoms with Gasteiger partial charge in [-0.1, -0.05) is 0 Å². The predicted octanol–water partition coefficient (Wildman–Crippen LogP) is 1.67. The van der Waals surface area contributed by atoms with E-state index in [-0.39, 0.29) is 11.6 Å². The first-order valence-electron chi connectivity index (χ1n) is 6.22. The van der Waals surface area contributed by atoms with E-state index in [9.17, 15) is 0 Å². The SMILES string of the molecule is CC(C)n1ccc(CC(N)C(C)(C)N(C)C)n1. The standard InChI is InChI=1S/C13H26N4/c1-10(2)17-8-7-11(15-17)9-12(14)13(3,4)16(5)6/h7-8,10,12H,9,14H2,1-6H3. The molecule has 1 rings (SSSR count). The smallest absolute Gasteiger partial charge is 0.0640 e. The highest BCUT2D eigenvalue weighted by atomic mass is 15.3. The molecule has 1 aromatic rings. The average molecular weight is 238 g/mol. The van der Waals surface area contributed by atoms with Gasteiger partial charge in [0.05, 0.1) is 5.69 Å². The maximum Gasteiger partial charge on any atom is 0.0640 e. The Hall–Kier alpha value is -0.870. The van der Waals surface area contributed by atoms with Gasteiger partial charge in [0.1, 0.15) is 0 Å². The van der Waals surface area contributed by atoms with E-state index in [1.165, 1.54) is 0 Å². The van der Waals surface area contributed by atoms with E-state index in [0.29, 0.717) is 6.04 Å². The van der Waals surface area contributed by atoms with Crippen LogP contribution < -0.4 is 5.73 Å². The van der Waals surface area contributed by atoms with Gasteiger partial charge in [0, 0.05) is 30.2 Å². The second-order valence-electron chi connectivity index (χ2n) is 5.74. The van der Waals surface area contributed by atoms with Crippen LogP contribution in [0.25, 0.3) is 0 Å². The van der Waals surface area contributed by atoms with Crippen LogP contribution >= 0.6 is 0 Å². The highest BCUT2D eigenvalue weighted by Gasteiger charge is 2.29.